The van der Waals surface area contributed by atoms with E-state index in [1.54, 1.807) is 19.2 Å². The zero-order valence-electron chi connectivity index (χ0n) is 17.1. The molecule has 1 fully saturated rings. The second kappa shape index (κ2) is 10.1. The SMILES string of the molecule is COc1cc2ncnc(Oc3ccc(F)c(Cl)c3)c2cc1OCCCN1CCOCC1. The Morgan fingerprint density at radius 3 is 2.74 bits per heavy atom. The molecule has 1 aromatic heterocycles. The van der Waals surface area contributed by atoms with Crippen LogP contribution in [-0.4, -0.2) is 61.4 Å². The highest BCUT2D eigenvalue weighted by Gasteiger charge is 2.14. The largest absolute Gasteiger partial charge is 0.493 e. The summed E-state index contributed by atoms with van der Waals surface area (Å²) >= 11 is 5.86. The molecule has 2 heterocycles. The first kappa shape index (κ1) is 21.5. The van der Waals surface area contributed by atoms with Crippen LogP contribution in [0.15, 0.2) is 36.7 Å². The number of aromatic nitrogens is 2. The summed E-state index contributed by atoms with van der Waals surface area (Å²) in [6, 6.07) is 7.70. The molecule has 7 nitrogen and oxygen atoms in total. The van der Waals surface area contributed by atoms with Crippen molar-refractivity contribution in [1.82, 2.24) is 14.9 Å². The van der Waals surface area contributed by atoms with Gasteiger partial charge >= 0.3 is 0 Å². The maximum Gasteiger partial charge on any atom is 0.230 e. The van der Waals surface area contributed by atoms with E-state index in [0.29, 0.717) is 40.6 Å². The monoisotopic (exact) mass is 447 g/mol. The molecule has 31 heavy (non-hydrogen) atoms. The van der Waals surface area contributed by atoms with Crippen molar-refractivity contribution in [2.75, 3.05) is 46.6 Å². The molecule has 9 heteroatoms. The molecule has 0 unspecified atom stereocenters. The molecule has 2 aromatic carbocycles. The van der Waals surface area contributed by atoms with Crippen molar-refractivity contribution in [1.29, 1.82) is 0 Å². The quantitative estimate of drug-likeness (QED) is 0.476. The van der Waals surface area contributed by atoms with Crippen LogP contribution in [0, 0.1) is 5.82 Å². The summed E-state index contributed by atoms with van der Waals surface area (Å²) in [6.45, 7) is 4.94. The molecule has 164 valence electrons. The summed E-state index contributed by atoms with van der Waals surface area (Å²) in [5.74, 6) is 1.32. The van der Waals surface area contributed by atoms with Crippen LogP contribution < -0.4 is 14.2 Å². The van der Waals surface area contributed by atoms with Gasteiger partial charge in [0, 0.05) is 31.8 Å². The van der Waals surface area contributed by atoms with E-state index < -0.39 is 5.82 Å². The number of rotatable bonds is 8. The summed E-state index contributed by atoms with van der Waals surface area (Å²) in [6.07, 6.45) is 2.27. The molecule has 0 spiro atoms. The van der Waals surface area contributed by atoms with Crippen LogP contribution in [0.5, 0.6) is 23.1 Å². The molecular formula is C22H23ClFN3O4. The third-order valence-corrected chi connectivity index (χ3v) is 5.26. The average molecular weight is 448 g/mol. The Hall–Kier alpha value is -2.68. The van der Waals surface area contributed by atoms with Gasteiger partial charge in [0.25, 0.3) is 0 Å². The van der Waals surface area contributed by atoms with E-state index in [9.17, 15) is 4.39 Å². The highest BCUT2D eigenvalue weighted by Crippen LogP contribution is 2.36. The van der Waals surface area contributed by atoms with Gasteiger partial charge in [0.05, 0.1) is 42.9 Å². The van der Waals surface area contributed by atoms with E-state index in [1.165, 1.54) is 24.5 Å². The zero-order chi connectivity index (χ0) is 21.6. The summed E-state index contributed by atoms with van der Waals surface area (Å²) in [5, 5.41) is 0.619. The van der Waals surface area contributed by atoms with Crippen molar-refractivity contribution in [2.45, 2.75) is 6.42 Å². The van der Waals surface area contributed by atoms with Crippen molar-refractivity contribution in [3.63, 3.8) is 0 Å². The minimum atomic E-state index is -0.515. The molecule has 3 aromatic rings. The van der Waals surface area contributed by atoms with Crippen LogP contribution in [0.2, 0.25) is 5.02 Å². The fraction of sp³-hybridized carbons (Fsp3) is 0.364. The van der Waals surface area contributed by atoms with E-state index in [1.807, 2.05) is 0 Å². The van der Waals surface area contributed by atoms with Crippen LogP contribution in [-0.2, 0) is 4.74 Å². The van der Waals surface area contributed by atoms with E-state index in [2.05, 4.69) is 14.9 Å². The van der Waals surface area contributed by atoms with Gasteiger partial charge in [0.1, 0.15) is 17.9 Å². The van der Waals surface area contributed by atoms with Gasteiger partial charge in [0.15, 0.2) is 11.5 Å². The van der Waals surface area contributed by atoms with Gasteiger partial charge in [-0.3, -0.25) is 4.90 Å². The molecule has 0 atom stereocenters. The van der Waals surface area contributed by atoms with Gasteiger partial charge in [-0.2, -0.15) is 0 Å². The maximum atomic E-state index is 13.4. The summed E-state index contributed by atoms with van der Waals surface area (Å²) in [4.78, 5) is 10.9. The standard InChI is InChI=1S/C22H23ClFN3O4/c1-28-20-13-19-16(12-21(20)30-8-2-5-27-6-9-29-10-7-27)22(26-14-25-19)31-15-3-4-18(24)17(23)11-15/h3-4,11-14H,2,5-10H2,1H3. The Kier molecular flexibility index (Phi) is 7.01. The average Bonchev–Trinajstić information content (AvgIpc) is 2.79. The van der Waals surface area contributed by atoms with Crippen molar-refractivity contribution >= 4 is 22.5 Å². The first-order valence-electron chi connectivity index (χ1n) is 10.0. The zero-order valence-corrected chi connectivity index (χ0v) is 17.9. The fourth-order valence-corrected chi connectivity index (χ4v) is 3.51. The lowest BCUT2D eigenvalue weighted by molar-refractivity contribution is 0.0357. The Morgan fingerprint density at radius 2 is 1.97 bits per heavy atom. The minimum absolute atomic E-state index is 0.0261. The van der Waals surface area contributed by atoms with Gasteiger partial charge in [-0.1, -0.05) is 11.6 Å². The molecule has 0 N–H and O–H groups in total. The third kappa shape index (κ3) is 5.33. The first-order valence-corrected chi connectivity index (χ1v) is 10.4. The van der Waals surface area contributed by atoms with E-state index in [4.69, 9.17) is 30.5 Å². The molecule has 0 aliphatic carbocycles. The van der Waals surface area contributed by atoms with Crippen molar-refractivity contribution in [3.05, 3.63) is 47.5 Å². The molecule has 1 saturated heterocycles. The minimum Gasteiger partial charge on any atom is -0.493 e. The number of hydrogen-bond donors (Lipinski definition) is 0. The predicted octanol–water partition coefficient (Wildman–Crippen LogP) is 4.32. The molecule has 0 saturated carbocycles. The molecule has 4 rings (SSSR count). The van der Waals surface area contributed by atoms with Crippen LogP contribution in [0.4, 0.5) is 4.39 Å². The molecule has 1 aliphatic heterocycles. The summed E-state index contributed by atoms with van der Waals surface area (Å²) in [5.41, 5.74) is 0.635. The van der Waals surface area contributed by atoms with Crippen molar-refractivity contribution < 1.29 is 23.3 Å². The number of benzene rings is 2. The number of morpholine rings is 1. The lowest BCUT2D eigenvalue weighted by Crippen LogP contribution is -2.37. The van der Waals surface area contributed by atoms with Crippen LogP contribution >= 0.6 is 11.6 Å². The Morgan fingerprint density at radius 1 is 1.13 bits per heavy atom. The second-order valence-electron chi connectivity index (χ2n) is 7.03. The van der Waals surface area contributed by atoms with Crippen molar-refractivity contribution in [3.8, 4) is 23.1 Å². The van der Waals surface area contributed by atoms with Crippen LogP contribution in [0.1, 0.15) is 6.42 Å². The number of methoxy groups -OCH3 is 1. The maximum absolute atomic E-state index is 13.4. The Bertz CT molecular complexity index is 1050. The number of halogens is 2. The smallest absolute Gasteiger partial charge is 0.230 e. The van der Waals surface area contributed by atoms with Crippen LogP contribution in [0.25, 0.3) is 10.9 Å². The number of fused-ring (bicyclic) bond motifs is 1. The lowest BCUT2D eigenvalue weighted by atomic mass is 10.2. The Labute approximate surface area is 184 Å². The number of nitrogens with zero attached hydrogens (tertiary/aromatic N) is 3. The summed E-state index contributed by atoms with van der Waals surface area (Å²) < 4.78 is 36.1. The molecule has 0 amide bonds. The van der Waals surface area contributed by atoms with Gasteiger partial charge in [-0.05, 0) is 24.6 Å². The topological polar surface area (TPSA) is 65.9 Å². The van der Waals surface area contributed by atoms with Gasteiger partial charge in [-0.25, -0.2) is 14.4 Å². The molecule has 0 radical (unpaired) electrons. The normalized spacial score (nSPS) is 14.5. The number of hydrogen-bond acceptors (Lipinski definition) is 7. The van der Waals surface area contributed by atoms with E-state index in [0.717, 1.165) is 39.3 Å². The fourth-order valence-electron chi connectivity index (χ4n) is 3.34. The number of ether oxygens (including phenoxy) is 4. The van der Waals surface area contributed by atoms with Gasteiger partial charge < -0.3 is 18.9 Å². The molecule has 0 bridgehead atoms. The van der Waals surface area contributed by atoms with Crippen molar-refractivity contribution in [2.24, 2.45) is 0 Å². The van der Waals surface area contributed by atoms with Gasteiger partial charge in [0.2, 0.25) is 5.88 Å². The highest BCUT2D eigenvalue weighted by molar-refractivity contribution is 6.30. The third-order valence-electron chi connectivity index (χ3n) is 4.97. The van der Waals surface area contributed by atoms with E-state index >= 15 is 0 Å². The van der Waals surface area contributed by atoms with Crippen LogP contribution in [0.3, 0.4) is 0 Å². The highest BCUT2D eigenvalue weighted by atomic mass is 35.5. The predicted molar refractivity (Wildman–Crippen MR) is 115 cm³/mol. The first-order chi connectivity index (χ1) is 15.1. The van der Waals surface area contributed by atoms with E-state index in [-0.39, 0.29) is 5.02 Å². The summed E-state index contributed by atoms with van der Waals surface area (Å²) in [7, 11) is 1.58. The van der Waals surface area contributed by atoms with Gasteiger partial charge in [-0.15, -0.1) is 0 Å². The lowest BCUT2D eigenvalue weighted by Gasteiger charge is -2.26. The second-order valence-corrected chi connectivity index (χ2v) is 7.44. The molecular weight excluding hydrogens is 425 g/mol. The molecule has 1 aliphatic rings. The Balaban J connectivity index is 1.51.